The molecule has 2 atom stereocenters. The van der Waals surface area contributed by atoms with Crippen molar-refractivity contribution in [1.29, 1.82) is 0 Å². The molecule has 1 fully saturated rings. The smallest absolute Gasteiger partial charge is 0.138 e. The van der Waals surface area contributed by atoms with Crippen LogP contribution >= 0.6 is 11.6 Å². The number of para-hydroxylation sites is 1. The van der Waals surface area contributed by atoms with Crippen LogP contribution < -0.4 is 5.32 Å². The van der Waals surface area contributed by atoms with Crippen molar-refractivity contribution in [2.24, 2.45) is 5.92 Å². The van der Waals surface area contributed by atoms with Gasteiger partial charge >= 0.3 is 0 Å². The molecular formula is C19H20ClNO. The lowest BCUT2D eigenvalue weighted by molar-refractivity contribution is -0.125. The third-order valence-electron chi connectivity index (χ3n) is 4.33. The number of nitrogens with one attached hydrogen (secondary N) is 1. The Kier molecular flexibility index (Phi) is 4.79. The molecule has 0 spiro atoms. The molecule has 3 rings (SSSR count). The van der Waals surface area contributed by atoms with Crippen LogP contribution in [-0.4, -0.2) is 5.78 Å². The van der Waals surface area contributed by atoms with Crippen molar-refractivity contribution < 1.29 is 4.79 Å². The summed E-state index contributed by atoms with van der Waals surface area (Å²) in [4.78, 5) is 12.4. The zero-order chi connectivity index (χ0) is 15.4. The molecule has 3 heteroatoms. The average molecular weight is 314 g/mol. The van der Waals surface area contributed by atoms with Crippen molar-refractivity contribution in [2.45, 2.75) is 31.7 Å². The SMILES string of the molecule is O=C1CCCC[C@H]1[C@@H](Nc1ccccc1)c1ccc(Cl)cc1. The minimum absolute atomic E-state index is 0.00691. The number of carbonyl (C=O) groups excluding carboxylic acids is 1. The lowest BCUT2D eigenvalue weighted by atomic mass is 9.80. The van der Waals surface area contributed by atoms with E-state index < -0.39 is 0 Å². The number of rotatable bonds is 4. The molecule has 2 aromatic carbocycles. The topological polar surface area (TPSA) is 29.1 Å². The van der Waals surface area contributed by atoms with E-state index >= 15 is 0 Å². The lowest BCUT2D eigenvalue weighted by Gasteiger charge is -2.31. The number of Topliss-reactive ketones (excluding diaryl/α,β-unsaturated/α-hetero) is 1. The molecule has 2 nitrogen and oxygen atoms in total. The van der Waals surface area contributed by atoms with Crippen molar-refractivity contribution in [3.05, 3.63) is 65.2 Å². The van der Waals surface area contributed by atoms with Crippen molar-refractivity contribution in [3.8, 4) is 0 Å². The first kappa shape index (κ1) is 15.1. The maximum Gasteiger partial charge on any atom is 0.138 e. The molecule has 0 radical (unpaired) electrons. The Bertz CT molecular complexity index is 624. The van der Waals surface area contributed by atoms with Crippen molar-refractivity contribution in [1.82, 2.24) is 0 Å². The average Bonchev–Trinajstić information content (AvgIpc) is 2.55. The summed E-state index contributed by atoms with van der Waals surface area (Å²) in [7, 11) is 0. The van der Waals surface area contributed by atoms with Gasteiger partial charge in [0.2, 0.25) is 0 Å². The highest BCUT2D eigenvalue weighted by atomic mass is 35.5. The molecule has 0 bridgehead atoms. The van der Waals surface area contributed by atoms with E-state index in [2.05, 4.69) is 5.32 Å². The molecule has 1 aliphatic rings. The number of ketones is 1. The predicted molar refractivity (Wildman–Crippen MR) is 91.2 cm³/mol. The molecule has 0 amide bonds. The van der Waals surface area contributed by atoms with Gasteiger partial charge in [-0.2, -0.15) is 0 Å². The van der Waals surface area contributed by atoms with E-state index in [0.717, 1.165) is 35.5 Å². The monoisotopic (exact) mass is 313 g/mol. The Morgan fingerprint density at radius 2 is 1.73 bits per heavy atom. The summed E-state index contributed by atoms with van der Waals surface area (Å²) < 4.78 is 0. The third-order valence-corrected chi connectivity index (χ3v) is 4.58. The fourth-order valence-corrected chi connectivity index (χ4v) is 3.29. The quantitative estimate of drug-likeness (QED) is 0.835. The number of anilines is 1. The molecule has 1 saturated carbocycles. The van der Waals surface area contributed by atoms with Gasteiger partial charge in [-0.3, -0.25) is 4.79 Å². The van der Waals surface area contributed by atoms with E-state index in [0.29, 0.717) is 12.2 Å². The maximum absolute atomic E-state index is 12.4. The number of hydrogen-bond donors (Lipinski definition) is 1. The third kappa shape index (κ3) is 3.50. The van der Waals surface area contributed by atoms with Crippen LogP contribution in [0, 0.1) is 5.92 Å². The van der Waals surface area contributed by atoms with E-state index in [-0.39, 0.29) is 12.0 Å². The highest BCUT2D eigenvalue weighted by Gasteiger charge is 2.31. The van der Waals surface area contributed by atoms with Crippen LogP contribution in [0.5, 0.6) is 0 Å². The molecule has 22 heavy (non-hydrogen) atoms. The first-order chi connectivity index (χ1) is 10.7. The van der Waals surface area contributed by atoms with Crippen LogP contribution in [0.25, 0.3) is 0 Å². The first-order valence-corrected chi connectivity index (χ1v) is 8.21. The molecule has 0 heterocycles. The molecule has 1 aliphatic carbocycles. The first-order valence-electron chi connectivity index (χ1n) is 7.84. The van der Waals surface area contributed by atoms with Gasteiger partial charge in [0.15, 0.2) is 0 Å². The van der Waals surface area contributed by atoms with E-state index in [4.69, 9.17) is 11.6 Å². The molecule has 0 aliphatic heterocycles. The Morgan fingerprint density at radius 1 is 1.00 bits per heavy atom. The molecule has 114 valence electrons. The molecule has 1 N–H and O–H groups in total. The Balaban J connectivity index is 1.90. The summed E-state index contributed by atoms with van der Waals surface area (Å²) in [5.74, 6) is 0.407. The summed E-state index contributed by atoms with van der Waals surface area (Å²) in [6, 6.07) is 17.9. The highest BCUT2D eigenvalue weighted by Crippen LogP contribution is 2.35. The lowest BCUT2D eigenvalue weighted by Crippen LogP contribution is -2.30. The van der Waals surface area contributed by atoms with Gasteiger partial charge in [0, 0.05) is 23.0 Å². The minimum Gasteiger partial charge on any atom is -0.378 e. The largest absolute Gasteiger partial charge is 0.378 e. The number of hydrogen-bond acceptors (Lipinski definition) is 2. The fraction of sp³-hybridized carbons (Fsp3) is 0.316. The van der Waals surface area contributed by atoms with Crippen LogP contribution in [0.4, 0.5) is 5.69 Å². The summed E-state index contributed by atoms with van der Waals surface area (Å²) >= 11 is 6.00. The van der Waals surface area contributed by atoms with Crippen molar-refractivity contribution in [3.63, 3.8) is 0 Å². The summed E-state index contributed by atoms with van der Waals surface area (Å²) in [6.45, 7) is 0. The molecule has 2 aromatic rings. The Morgan fingerprint density at radius 3 is 2.41 bits per heavy atom. The van der Waals surface area contributed by atoms with Gasteiger partial charge < -0.3 is 5.32 Å². The van der Waals surface area contributed by atoms with Gasteiger partial charge in [-0.15, -0.1) is 0 Å². The zero-order valence-corrected chi connectivity index (χ0v) is 13.2. The number of benzene rings is 2. The van der Waals surface area contributed by atoms with Crippen LogP contribution in [0.2, 0.25) is 5.02 Å². The second kappa shape index (κ2) is 6.97. The minimum atomic E-state index is 0.00691. The number of halogens is 1. The second-order valence-electron chi connectivity index (χ2n) is 5.86. The predicted octanol–water partition coefficient (Wildman–Crippen LogP) is 5.25. The van der Waals surface area contributed by atoms with Crippen LogP contribution in [-0.2, 0) is 4.79 Å². The molecule has 0 saturated heterocycles. The summed E-state index contributed by atoms with van der Waals surface area (Å²) in [5.41, 5.74) is 2.16. The van der Waals surface area contributed by atoms with E-state index in [9.17, 15) is 4.79 Å². The van der Waals surface area contributed by atoms with Gasteiger partial charge in [-0.25, -0.2) is 0 Å². The van der Waals surface area contributed by atoms with Gasteiger partial charge in [0.1, 0.15) is 5.78 Å². The van der Waals surface area contributed by atoms with Gasteiger partial charge in [-0.1, -0.05) is 48.4 Å². The summed E-state index contributed by atoms with van der Waals surface area (Å²) in [6.07, 6.45) is 3.79. The van der Waals surface area contributed by atoms with E-state index in [1.807, 2.05) is 54.6 Å². The zero-order valence-electron chi connectivity index (χ0n) is 12.5. The second-order valence-corrected chi connectivity index (χ2v) is 6.29. The fourth-order valence-electron chi connectivity index (χ4n) is 3.16. The van der Waals surface area contributed by atoms with Crippen LogP contribution in [0.1, 0.15) is 37.3 Å². The normalized spacial score (nSPS) is 19.7. The van der Waals surface area contributed by atoms with Gasteiger partial charge in [0.25, 0.3) is 0 Å². The maximum atomic E-state index is 12.4. The van der Waals surface area contributed by atoms with Gasteiger partial charge in [0.05, 0.1) is 6.04 Å². The summed E-state index contributed by atoms with van der Waals surface area (Å²) in [5, 5.41) is 4.27. The van der Waals surface area contributed by atoms with E-state index in [1.54, 1.807) is 0 Å². The number of carbonyl (C=O) groups is 1. The van der Waals surface area contributed by atoms with E-state index in [1.165, 1.54) is 0 Å². The van der Waals surface area contributed by atoms with Crippen LogP contribution in [0.15, 0.2) is 54.6 Å². The van der Waals surface area contributed by atoms with Crippen molar-refractivity contribution in [2.75, 3.05) is 5.32 Å². The molecule has 0 aromatic heterocycles. The van der Waals surface area contributed by atoms with Crippen molar-refractivity contribution >= 4 is 23.1 Å². The standard InChI is InChI=1S/C19H20ClNO/c20-15-12-10-14(11-13-15)19(17-8-4-5-9-18(17)22)21-16-6-2-1-3-7-16/h1-3,6-7,10-13,17,19,21H,4-5,8-9H2/t17-,19+/m1/s1. The highest BCUT2D eigenvalue weighted by molar-refractivity contribution is 6.30. The Hall–Kier alpha value is -1.80. The Labute approximate surface area is 136 Å². The molecule has 0 unspecified atom stereocenters. The molecular weight excluding hydrogens is 294 g/mol. The van der Waals surface area contributed by atoms with Crippen LogP contribution in [0.3, 0.4) is 0 Å². The van der Waals surface area contributed by atoms with Gasteiger partial charge in [-0.05, 0) is 42.7 Å².